The van der Waals surface area contributed by atoms with Crippen LogP contribution in [0.15, 0.2) is 24.7 Å². The smallest absolute Gasteiger partial charge is 0.146 e. The Labute approximate surface area is 105 Å². The van der Waals surface area contributed by atoms with Crippen molar-refractivity contribution in [3.8, 4) is 17.1 Å². The lowest BCUT2D eigenvalue weighted by atomic mass is 10.1. The first-order chi connectivity index (χ1) is 8.27. The Morgan fingerprint density at radius 2 is 2.06 bits per heavy atom. The molecule has 2 heterocycles. The summed E-state index contributed by atoms with van der Waals surface area (Å²) in [6, 6.07) is 3.66. The van der Waals surface area contributed by atoms with Crippen LogP contribution in [-0.4, -0.2) is 22.1 Å². The SMILES string of the molecule is CCc1c(Cl)ncnc1-c1ncccc1OC. The van der Waals surface area contributed by atoms with Crippen molar-refractivity contribution in [2.75, 3.05) is 7.11 Å². The van der Waals surface area contributed by atoms with Crippen LogP contribution in [0.2, 0.25) is 5.15 Å². The van der Waals surface area contributed by atoms with E-state index in [0.717, 1.165) is 17.7 Å². The molecule has 0 atom stereocenters. The molecule has 0 aliphatic heterocycles. The highest BCUT2D eigenvalue weighted by molar-refractivity contribution is 6.30. The van der Waals surface area contributed by atoms with Gasteiger partial charge in [0, 0.05) is 11.8 Å². The molecule has 0 aliphatic rings. The van der Waals surface area contributed by atoms with Crippen LogP contribution in [0.5, 0.6) is 5.75 Å². The Bertz CT molecular complexity index is 531. The van der Waals surface area contributed by atoms with Gasteiger partial charge in [0.1, 0.15) is 28.6 Å². The van der Waals surface area contributed by atoms with Crippen molar-refractivity contribution in [1.29, 1.82) is 0 Å². The van der Waals surface area contributed by atoms with Crippen molar-refractivity contribution < 1.29 is 4.74 Å². The minimum absolute atomic E-state index is 0.463. The largest absolute Gasteiger partial charge is 0.494 e. The van der Waals surface area contributed by atoms with E-state index in [1.165, 1.54) is 6.33 Å². The van der Waals surface area contributed by atoms with Gasteiger partial charge in [0.2, 0.25) is 0 Å². The summed E-state index contributed by atoms with van der Waals surface area (Å²) in [4.78, 5) is 12.5. The molecule has 0 fully saturated rings. The van der Waals surface area contributed by atoms with Gasteiger partial charge < -0.3 is 4.74 Å². The molecule has 5 heteroatoms. The van der Waals surface area contributed by atoms with Gasteiger partial charge in [-0.15, -0.1) is 0 Å². The van der Waals surface area contributed by atoms with Gasteiger partial charge in [-0.3, -0.25) is 4.98 Å². The second kappa shape index (κ2) is 5.10. The standard InChI is InChI=1S/C12H12ClN3O/c1-3-8-10(15-7-16-12(8)13)11-9(17-2)5-4-6-14-11/h4-7H,3H2,1-2H3. The predicted octanol–water partition coefficient (Wildman–Crippen LogP) is 2.76. The molecule has 0 saturated carbocycles. The van der Waals surface area contributed by atoms with Gasteiger partial charge in [-0.2, -0.15) is 0 Å². The number of aromatic nitrogens is 3. The van der Waals surface area contributed by atoms with E-state index >= 15 is 0 Å². The molecule has 2 rings (SSSR count). The van der Waals surface area contributed by atoms with E-state index < -0.39 is 0 Å². The highest BCUT2D eigenvalue weighted by Crippen LogP contribution is 2.30. The quantitative estimate of drug-likeness (QED) is 0.785. The molecule has 0 bridgehead atoms. The van der Waals surface area contributed by atoms with E-state index in [9.17, 15) is 0 Å². The van der Waals surface area contributed by atoms with Crippen LogP contribution in [0.1, 0.15) is 12.5 Å². The molecular formula is C12H12ClN3O. The molecule has 0 unspecified atom stereocenters. The average Bonchev–Trinajstić information content (AvgIpc) is 2.38. The molecule has 88 valence electrons. The zero-order valence-electron chi connectivity index (χ0n) is 9.64. The van der Waals surface area contributed by atoms with Crippen molar-refractivity contribution in [3.63, 3.8) is 0 Å². The summed E-state index contributed by atoms with van der Waals surface area (Å²) >= 11 is 6.06. The molecule has 0 aromatic carbocycles. The van der Waals surface area contributed by atoms with E-state index in [4.69, 9.17) is 16.3 Å². The van der Waals surface area contributed by atoms with Crippen LogP contribution in [0, 0.1) is 0 Å². The predicted molar refractivity (Wildman–Crippen MR) is 66.2 cm³/mol. The van der Waals surface area contributed by atoms with Gasteiger partial charge in [0.05, 0.1) is 7.11 Å². The number of pyridine rings is 1. The molecule has 0 saturated heterocycles. The Hall–Kier alpha value is -1.68. The van der Waals surface area contributed by atoms with Crippen molar-refractivity contribution in [1.82, 2.24) is 15.0 Å². The molecule has 0 aliphatic carbocycles. The van der Waals surface area contributed by atoms with Crippen LogP contribution in [0.25, 0.3) is 11.4 Å². The fraction of sp³-hybridized carbons (Fsp3) is 0.250. The lowest BCUT2D eigenvalue weighted by Gasteiger charge is -2.10. The number of ether oxygens (including phenoxy) is 1. The maximum atomic E-state index is 6.06. The molecule has 4 nitrogen and oxygen atoms in total. The maximum Gasteiger partial charge on any atom is 0.146 e. The van der Waals surface area contributed by atoms with Crippen LogP contribution >= 0.6 is 11.6 Å². The summed E-state index contributed by atoms with van der Waals surface area (Å²) in [7, 11) is 1.61. The Morgan fingerprint density at radius 1 is 1.24 bits per heavy atom. The lowest BCUT2D eigenvalue weighted by molar-refractivity contribution is 0.414. The molecule has 2 aromatic heterocycles. The molecule has 2 aromatic rings. The number of nitrogens with zero attached hydrogens (tertiary/aromatic N) is 3. The summed E-state index contributed by atoms with van der Waals surface area (Å²) in [5.74, 6) is 0.678. The third-order valence-electron chi connectivity index (χ3n) is 2.46. The lowest BCUT2D eigenvalue weighted by Crippen LogP contribution is -1.99. The zero-order valence-corrected chi connectivity index (χ0v) is 10.4. The van der Waals surface area contributed by atoms with Gasteiger partial charge in [0.25, 0.3) is 0 Å². The monoisotopic (exact) mass is 249 g/mol. The molecule has 0 amide bonds. The summed E-state index contributed by atoms with van der Waals surface area (Å²) in [5.41, 5.74) is 2.30. The van der Waals surface area contributed by atoms with E-state index in [1.807, 2.05) is 19.1 Å². The normalized spacial score (nSPS) is 10.3. The summed E-state index contributed by atoms with van der Waals surface area (Å²) in [5, 5.41) is 0.463. The van der Waals surface area contributed by atoms with Crippen molar-refractivity contribution >= 4 is 11.6 Å². The fourth-order valence-corrected chi connectivity index (χ4v) is 1.91. The minimum Gasteiger partial charge on any atom is -0.494 e. The fourth-order valence-electron chi connectivity index (χ4n) is 1.64. The van der Waals surface area contributed by atoms with Crippen molar-refractivity contribution in [3.05, 3.63) is 35.4 Å². The van der Waals surface area contributed by atoms with Crippen molar-refractivity contribution in [2.45, 2.75) is 13.3 Å². The van der Waals surface area contributed by atoms with E-state index in [-0.39, 0.29) is 0 Å². The highest BCUT2D eigenvalue weighted by Gasteiger charge is 2.14. The molecule has 0 N–H and O–H groups in total. The summed E-state index contributed by atoms with van der Waals surface area (Å²) in [6.07, 6.45) is 3.88. The van der Waals surface area contributed by atoms with Gasteiger partial charge in [-0.1, -0.05) is 18.5 Å². The second-order valence-electron chi connectivity index (χ2n) is 3.40. The molecular weight excluding hydrogens is 238 g/mol. The molecule has 0 radical (unpaired) electrons. The Morgan fingerprint density at radius 3 is 2.76 bits per heavy atom. The second-order valence-corrected chi connectivity index (χ2v) is 3.76. The number of rotatable bonds is 3. The zero-order chi connectivity index (χ0) is 12.3. The first-order valence-corrected chi connectivity index (χ1v) is 5.64. The third kappa shape index (κ3) is 2.22. The van der Waals surface area contributed by atoms with Crippen LogP contribution < -0.4 is 4.74 Å². The topological polar surface area (TPSA) is 47.9 Å². The van der Waals surface area contributed by atoms with Gasteiger partial charge in [-0.05, 0) is 18.6 Å². The minimum atomic E-state index is 0.463. The number of methoxy groups -OCH3 is 1. The Kier molecular flexibility index (Phi) is 3.54. The first-order valence-electron chi connectivity index (χ1n) is 5.26. The average molecular weight is 250 g/mol. The van der Waals surface area contributed by atoms with Gasteiger partial charge in [-0.25, -0.2) is 9.97 Å². The van der Waals surface area contributed by atoms with Crippen LogP contribution in [-0.2, 0) is 6.42 Å². The van der Waals surface area contributed by atoms with Crippen LogP contribution in [0.3, 0.4) is 0 Å². The van der Waals surface area contributed by atoms with Crippen molar-refractivity contribution in [2.24, 2.45) is 0 Å². The summed E-state index contributed by atoms with van der Waals surface area (Å²) < 4.78 is 5.27. The third-order valence-corrected chi connectivity index (χ3v) is 2.79. The van der Waals surface area contributed by atoms with Crippen LogP contribution in [0.4, 0.5) is 0 Å². The number of hydrogen-bond donors (Lipinski definition) is 0. The van der Waals surface area contributed by atoms with E-state index in [0.29, 0.717) is 16.6 Å². The van der Waals surface area contributed by atoms with Gasteiger partial charge >= 0.3 is 0 Å². The first kappa shape index (κ1) is 11.8. The maximum absolute atomic E-state index is 6.06. The Balaban J connectivity index is 2.64. The number of hydrogen-bond acceptors (Lipinski definition) is 4. The molecule has 17 heavy (non-hydrogen) atoms. The summed E-state index contributed by atoms with van der Waals surface area (Å²) in [6.45, 7) is 2.00. The van der Waals surface area contributed by atoms with Gasteiger partial charge in [0.15, 0.2) is 0 Å². The highest BCUT2D eigenvalue weighted by atomic mass is 35.5. The molecule has 0 spiro atoms. The van der Waals surface area contributed by atoms with E-state index in [1.54, 1.807) is 13.3 Å². The number of halogens is 1. The van der Waals surface area contributed by atoms with E-state index in [2.05, 4.69) is 15.0 Å².